The topological polar surface area (TPSA) is 42.3 Å². The number of hydrogen-bond acceptors (Lipinski definition) is 3. The van der Waals surface area contributed by atoms with Crippen LogP contribution in [0.25, 0.3) is 17.0 Å². The van der Waals surface area contributed by atoms with E-state index in [1.807, 2.05) is 54.7 Å². The summed E-state index contributed by atoms with van der Waals surface area (Å²) >= 11 is 6.93. The first kappa shape index (κ1) is 21.5. The molecule has 4 aromatic rings. The zero-order chi connectivity index (χ0) is 22.9. The number of para-hydroxylation sites is 1. The monoisotopic (exact) mass is 476 g/mol. The van der Waals surface area contributed by atoms with Crippen molar-refractivity contribution in [3.63, 3.8) is 0 Å². The summed E-state index contributed by atoms with van der Waals surface area (Å²) in [7, 11) is 0. The average Bonchev–Trinajstić information content (AvgIpc) is 3.29. The van der Waals surface area contributed by atoms with Crippen LogP contribution in [0.3, 0.4) is 0 Å². The maximum absolute atomic E-state index is 13.2. The maximum atomic E-state index is 13.2. The van der Waals surface area contributed by atoms with Crippen molar-refractivity contribution in [1.29, 1.82) is 0 Å². The number of imide groups is 1. The van der Waals surface area contributed by atoms with Gasteiger partial charge in [0, 0.05) is 34.2 Å². The average molecular weight is 477 g/mol. The van der Waals surface area contributed by atoms with Gasteiger partial charge < -0.3 is 4.57 Å². The fraction of sp³-hybridized carbons (Fsp3) is 0.0769. The molecule has 0 bridgehead atoms. The summed E-state index contributed by atoms with van der Waals surface area (Å²) in [6.45, 7) is 0.762. The molecule has 164 valence electrons. The highest BCUT2D eigenvalue weighted by Gasteiger charge is 2.35. The van der Waals surface area contributed by atoms with Gasteiger partial charge in [0.1, 0.15) is 5.82 Å². The van der Waals surface area contributed by atoms with Gasteiger partial charge in [0.15, 0.2) is 0 Å². The second-order valence-corrected chi connectivity index (χ2v) is 9.18. The highest BCUT2D eigenvalue weighted by molar-refractivity contribution is 8.18. The van der Waals surface area contributed by atoms with Crippen molar-refractivity contribution in [2.24, 2.45) is 0 Å². The van der Waals surface area contributed by atoms with E-state index in [9.17, 15) is 14.0 Å². The lowest BCUT2D eigenvalue weighted by Gasteiger charge is -2.12. The molecular weight excluding hydrogens is 459 g/mol. The third-order valence-corrected chi connectivity index (χ3v) is 6.66. The summed E-state index contributed by atoms with van der Waals surface area (Å²) in [5.41, 5.74) is 3.70. The fourth-order valence-corrected chi connectivity index (χ4v) is 4.81. The van der Waals surface area contributed by atoms with Crippen molar-refractivity contribution in [2.75, 3.05) is 0 Å². The molecule has 1 fully saturated rings. The van der Waals surface area contributed by atoms with E-state index in [1.54, 1.807) is 18.2 Å². The number of hydrogen-bond donors (Lipinski definition) is 0. The first-order valence-corrected chi connectivity index (χ1v) is 11.5. The molecule has 1 aliphatic rings. The maximum Gasteiger partial charge on any atom is 0.293 e. The molecule has 4 nitrogen and oxygen atoms in total. The normalized spacial score (nSPS) is 15.2. The Kier molecular flexibility index (Phi) is 5.79. The number of aromatic nitrogens is 1. The van der Waals surface area contributed by atoms with Gasteiger partial charge in [0.05, 0.1) is 11.4 Å². The van der Waals surface area contributed by atoms with E-state index in [1.165, 1.54) is 17.0 Å². The summed E-state index contributed by atoms with van der Waals surface area (Å²) in [6, 6.07) is 21.4. The molecule has 1 aromatic heterocycles. The van der Waals surface area contributed by atoms with E-state index >= 15 is 0 Å². The smallest absolute Gasteiger partial charge is 0.293 e. The summed E-state index contributed by atoms with van der Waals surface area (Å²) < 4.78 is 15.3. The van der Waals surface area contributed by atoms with Crippen molar-refractivity contribution < 1.29 is 14.0 Å². The molecule has 0 radical (unpaired) electrons. The molecule has 33 heavy (non-hydrogen) atoms. The fourth-order valence-electron chi connectivity index (χ4n) is 3.86. The Morgan fingerprint density at radius 1 is 0.879 bits per heavy atom. The van der Waals surface area contributed by atoms with Crippen LogP contribution in [0.1, 0.15) is 16.7 Å². The number of benzene rings is 3. The number of fused-ring (bicyclic) bond motifs is 1. The number of halogens is 2. The number of amides is 2. The largest absolute Gasteiger partial charge is 0.342 e. The van der Waals surface area contributed by atoms with E-state index in [-0.39, 0.29) is 23.5 Å². The third-order valence-electron chi connectivity index (χ3n) is 5.50. The first-order chi connectivity index (χ1) is 16.0. The summed E-state index contributed by atoms with van der Waals surface area (Å²) in [5.74, 6) is -0.702. The van der Waals surface area contributed by atoms with Crippen molar-refractivity contribution in [3.8, 4) is 0 Å². The standard InChI is InChI=1S/C26H18ClFN2O2S/c27-20-9-5-17(6-10-20)14-29-16-19(22-3-1-2-4-23(22)29)13-24-25(31)30(26(32)33-24)15-18-7-11-21(28)12-8-18/h1-13,16H,14-15H2/b24-13-. The number of carbonyl (C=O) groups excluding carboxylic acids is 2. The number of rotatable bonds is 5. The Bertz CT molecular complexity index is 1390. The van der Waals surface area contributed by atoms with Gasteiger partial charge in [-0.05, 0) is 59.3 Å². The van der Waals surface area contributed by atoms with E-state index in [0.717, 1.165) is 33.8 Å². The van der Waals surface area contributed by atoms with Crippen LogP contribution in [0, 0.1) is 5.82 Å². The van der Waals surface area contributed by atoms with Gasteiger partial charge in [-0.15, -0.1) is 0 Å². The Labute approximate surface area is 199 Å². The van der Waals surface area contributed by atoms with Gasteiger partial charge >= 0.3 is 0 Å². The molecular formula is C26H18ClFN2O2S. The van der Waals surface area contributed by atoms with E-state index in [4.69, 9.17) is 11.6 Å². The lowest BCUT2D eigenvalue weighted by Crippen LogP contribution is -2.27. The van der Waals surface area contributed by atoms with Crippen LogP contribution in [0.2, 0.25) is 5.02 Å². The minimum Gasteiger partial charge on any atom is -0.342 e. The molecule has 1 aliphatic heterocycles. The second kappa shape index (κ2) is 8.89. The van der Waals surface area contributed by atoms with E-state index in [0.29, 0.717) is 22.0 Å². The van der Waals surface area contributed by atoms with Gasteiger partial charge in [-0.1, -0.05) is 54.1 Å². The van der Waals surface area contributed by atoms with Crippen molar-refractivity contribution in [3.05, 3.63) is 111 Å². The van der Waals surface area contributed by atoms with Crippen LogP contribution >= 0.6 is 23.4 Å². The first-order valence-electron chi connectivity index (χ1n) is 10.3. The lowest BCUT2D eigenvalue weighted by atomic mass is 10.1. The number of carbonyl (C=O) groups is 2. The minimum absolute atomic E-state index is 0.112. The van der Waals surface area contributed by atoms with Crippen molar-refractivity contribution in [1.82, 2.24) is 9.47 Å². The molecule has 1 saturated heterocycles. The van der Waals surface area contributed by atoms with Crippen molar-refractivity contribution in [2.45, 2.75) is 13.1 Å². The van der Waals surface area contributed by atoms with Gasteiger partial charge in [-0.25, -0.2) is 4.39 Å². The number of thioether (sulfide) groups is 1. The molecule has 0 aliphatic carbocycles. The summed E-state index contributed by atoms with van der Waals surface area (Å²) in [6.07, 6.45) is 3.77. The van der Waals surface area contributed by atoms with Crippen LogP contribution in [-0.2, 0) is 17.9 Å². The molecule has 0 N–H and O–H groups in total. The molecule has 3 aromatic carbocycles. The Morgan fingerprint density at radius 3 is 2.30 bits per heavy atom. The summed E-state index contributed by atoms with van der Waals surface area (Å²) in [5, 5.41) is 1.35. The molecule has 2 amide bonds. The zero-order valence-electron chi connectivity index (χ0n) is 17.4. The second-order valence-electron chi connectivity index (χ2n) is 7.75. The van der Waals surface area contributed by atoms with Crippen LogP contribution in [-0.4, -0.2) is 20.6 Å². The third kappa shape index (κ3) is 4.45. The molecule has 0 spiro atoms. The Balaban J connectivity index is 1.45. The summed E-state index contributed by atoms with van der Waals surface area (Å²) in [4.78, 5) is 27.1. The van der Waals surface area contributed by atoms with Crippen LogP contribution in [0.15, 0.2) is 83.9 Å². The molecule has 2 heterocycles. The zero-order valence-corrected chi connectivity index (χ0v) is 18.9. The van der Waals surface area contributed by atoms with Gasteiger partial charge in [0.2, 0.25) is 0 Å². The highest BCUT2D eigenvalue weighted by atomic mass is 35.5. The lowest BCUT2D eigenvalue weighted by molar-refractivity contribution is -0.123. The Morgan fingerprint density at radius 2 is 1.55 bits per heavy atom. The number of nitrogens with zero attached hydrogens (tertiary/aromatic N) is 2. The highest BCUT2D eigenvalue weighted by Crippen LogP contribution is 2.35. The van der Waals surface area contributed by atoms with Crippen LogP contribution in [0.5, 0.6) is 0 Å². The van der Waals surface area contributed by atoms with E-state index in [2.05, 4.69) is 4.57 Å². The van der Waals surface area contributed by atoms with E-state index < -0.39 is 0 Å². The van der Waals surface area contributed by atoms with Crippen molar-refractivity contribution >= 4 is 51.5 Å². The molecule has 7 heteroatoms. The SMILES string of the molecule is O=C1S/C(=C\c2cn(Cc3ccc(Cl)cc3)c3ccccc23)C(=O)N1Cc1ccc(F)cc1. The van der Waals surface area contributed by atoms with Gasteiger partial charge in [-0.2, -0.15) is 0 Å². The predicted octanol–water partition coefficient (Wildman–Crippen LogP) is 6.72. The molecule has 5 rings (SSSR count). The van der Waals surface area contributed by atoms with Gasteiger partial charge in [-0.3, -0.25) is 14.5 Å². The van der Waals surface area contributed by atoms with Crippen LogP contribution in [0.4, 0.5) is 9.18 Å². The molecule has 0 saturated carbocycles. The minimum atomic E-state index is -0.359. The predicted molar refractivity (Wildman–Crippen MR) is 130 cm³/mol. The molecule has 0 unspecified atom stereocenters. The Hall–Kier alpha value is -3.35. The van der Waals surface area contributed by atoms with Crippen LogP contribution < -0.4 is 0 Å². The quantitative estimate of drug-likeness (QED) is 0.300. The van der Waals surface area contributed by atoms with Gasteiger partial charge in [0.25, 0.3) is 11.1 Å². The molecule has 0 atom stereocenters.